The van der Waals surface area contributed by atoms with E-state index in [0.29, 0.717) is 16.3 Å². The van der Waals surface area contributed by atoms with Crippen LogP contribution in [-0.4, -0.2) is 20.7 Å². The maximum Gasteiger partial charge on any atom is 0.271 e. The molecule has 0 saturated heterocycles. The van der Waals surface area contributed by atoms with E-state index in [1.807, 2.05) is 24.3 Å². The van der Waals surface area contributed by atoms with Crippen molar-refractivity contribution in [3.05, 3.63) is 45.4 Å². The summed E-state index contributed by atoms with van der Waals surface area (Å²) in [5, 5.41) is 10.4. The first kappa shape index (κ1) is 13.9. The van der Waals surface area contributed by atoms with E-state index < -0.39 is 0 Å². The molecule has 0 fully saturated rings. The topological polar surface area (TPSA) is 80.9 Å². The fourth-order valence-electron chi connectivity index (χ4n) is 1.70. The van der Waals surface area contributed by atoms with Crippen LogP contribution in [0.3, 0.4) is 0 Å². The van der Waals surface area contributed by atoms with Gasteiger partial charge in [0.05, 0.1) is 5.69 Å². The van der Waals surface area contributed by atoms with E-state index >= 15 is 0 Å². The third kappa shape index (κ3) is 3.01. The second kappa shape index (κ2) is 5.74. The summed E-state index contributed by atoms with van der Waals surface area (Å²) in [4.78, 5) is 12.5. The highest BCUT2D eigenvalue weighted by atomic mass is 79.9. The molecule has 0 unspecified atom stereocenters. The molecule has 8 heteroatoms. The standard InChI is InChI=1S/C13H9BrN4O2S/c1-7-12(21-18-16-7)13(19)15-11-6-10(17-20-11)8-2-4-9(14)5-3-8/h2-6H,1H3,(H,15,19). The number of carbonyl (C=O) groups excluding carboxylic acids is 1. The number of amides is 1. The largest absolute Gasteiger partial charge is 0.338 e. The number of anilines is 1. The van der Waals surface area contributed by atoms with Gasteiger partial charge in [0.2, 0.25) is 5.88 Å². The minimum Gasteiger partial charge on any atom is -0.338 e. The highest BCUT2D eigenvalue weighted by Crippen LogP contribution is 2.24. The van der Waals surface area contributed by atoms with Crippen molar-refractivity contribution >= 4 is 39.3 Å². The fourth-order valence-corrected chi connectivity index (χ4v) is 2.52. The lowest BCUT2D eigenvalue weighted by atomic mass is 10.1. The summed E-state index contributed by atoms with van der Waals surface area (Å²) in [7, 11) is 0. The highest BCUT2D eigenvalue weighted by Gasteiger charge is 2.16. The second-order valence-corrected chi connectivity index (χ2v) is 5.89. The Labute approximate surface area is 132 Å². The van der Waals surface area contributed by atoms with Crippen LogP contribution in [0.2, 0.25) is 0 Å². The van der Waals surface area contributed by atoms with Gasteiger partial charge in [-0.1, -0.05) is 37.7 Å². The van der Waals surface area contributed by atoms with Gasteiger partial charge in [-0.3, -0.25) is 10.1 Å². The van der Waals surface area contributed by atoms with Crippen LogP contribution >= 0.6 is 27.5 Å². The predicted molar refractivity (Wildman–Crippen MR) is 82.2 cm³/mol. The second-order valence-electron chi connectivity index (χ2n) is 4.22. The van der Waals surface area contributed by atoms with Crippen LogP contribution in [0.15, 0.2) is 39.3 Å². The van der Waals surface area contributed by atoms with E-state index in [4.69, 9.17) is 4.52 Å². The summed E-state index contributed by atoms with van der Waals surface area (Å²) in [5.41, 5.74) is 2.14. The number of benzene rings is 1. The van der Waals surface area contributed by atoms with Gasteiger partial charge < -0.3 is 4.52 Å². The van der Waals surface area contributed by atoms with Crippen molar-refractivity contribution in [1.82, 2.24) is 14.7 Å². The van der Waals surface area contributed by atoms with Crippen LogP contribution in [0, 0.1) is 6.92 Å². The van der Waals surface area contributed by atoms with Gasteiger partial charge in [0.1, 0.15) is 10.6 Å². The Morgan fingerprint density at radius 3 is 2.76 bits per heavy atom. The zero-order chi connectivity index (χ0) is 14.8. The number of carbonyl (C=O) groups is 1. The maximum atomic E-state index is 12.0. The zero-order valence-electron chi connectivity index (χ0n) is 10.8. The van der Waals surface area contributed by atoms with Crippen LogP contribution < -0.4 is 5.32 Å². The summed E-state index contributed by atoms with van der Waals surface area (Å²) in [5.74, 6) is -0.0216. The van der Waals surface area contributed by atoms with Crippen molar-refractivity contribution in [1.29, 1.82) is 0 Å². The normalized spacial score (nSPS) is 10.6. The monoisotopic (exact) mass is 364 g/mol. The lowest BCUT2D eigenvalue weighted by Crippen LogP contribution is -2.10. The molecule has 3 rings (SSSR count). The molecule has 1 N–H and O–H groups in total. The molecule has 0 aliphatic rings. The van der Waals surface area contributed by atoms with E-state index in [2.05, 4.69) is 36.0 Å². The van der Waals surface area contributed by atoms with Crippen molar-refractivity contribution in [2.75, 3.05) is 5.32 Å². The van der Waals surface area contributed by atoms with Crippen LogP contribution in [-0.2, 0) is 0 Å². The molecule has 1 amide bonds. The van der Waals surface area contributed by atoms with Crippen molar-refractivity contribution in [3.8, 4) is 11.3 Å². The number of halogens is 1. The third-order valence-corrected chi connectivity index (χ3v) is 4.10. The van der Waals surface area contributed by atoms with E-state index in [-0.39, 0.29) is 11.8 Å². The van der Waals surface area contributed by atoms with Gasteiger partial charge in [0, 0.05) is 16.1 Å². The number of nitrogens with one attached hydrogen (secondary N) is 1. The Kier molecular flexibility index (Phi) is 3.80. The number of hydrogen-bond donors (Lipinski definition) is 1. The number of hydrogen-bond acceptors (Lipinski definition) is 6. The Balaban J connectivity index is 1.78. The average molecular weight is 365 g/mol. The first-order valence-corrected chi connectivity index (χ1v) is 7.53. The molecule has 106 valence electrons. The first-order valence-electron chi connectivity index (χ1n) is 5.96. The van der Waals surface area contributed by atoms with Crippen molar-refractivity contribution in [3.63, 3.8) is 0 Å². The van der Waals surface area contributed by atoms with E-state index in [0.717, 1.165) is 21.6 Å². The Hall–Kier alpha value is -2.06. The smallest absolute Gasteiger partial charge is 0.271 e. The van der Waals surface area contributed by atoms with Crippen LogP contribution in [0.4, 0.5) is 5.88 Å². The Bertz CT molecular complexity index is 782. The first-order chi connectivity index (χ1) is 10.1. The van der Waals surface area contributed by atoms with E-state index in [9.17, 15) is 4.79 Å². The molecule has 1 aromatic carbocycles. The highest BCUT2D eigenvalue weighted by molar-refractivity contribution is 9.10. The molecule has 21 heavy (non-hydrogen) atoms. The molecule has 2 aromatic heterocycles. The molecule has 2 heterocycles. The molecule has 0 radical (unpaired) electrons. The van der Waals surface area contributed by atoms with Gasteiger partial charge in [-0.05, 0) is 30.6 Å². The SMILES string of the molecule is Cc1nnsc1C(=O)Nc1cc(-c2ccc(Br)cc2)no1. The van der Waals surface area contributed by atoms with Gasteiger partial charge in [-0.2, -0.15) is 0 Å². The van der Waals surface area contributed by atoms with Gasteiger partial charge in [-0.15, -0.1) is 5.10 Å². The number of aromatic nitrogens is 3. The Morgan fingerprint density at radius 1 is 1.33 bits per heavy atom. The molecule has 0 aliphatic carbocycles. The summed E-state index contributed by atoms with van der Waals surface area (Å²) < 4.78 is 9.84. The van der Waals surface area contributed by atoms with Crippen molar-refractivity contribution in [2.45, 2.75) is 6.92 Å². The fraction of sp³-hybridized carbons (Fsp3) is 0.0769. The lowest BCUT2D eigenvalue weighted by molar-refractivity contribution is 0.102. The molecule has 0 bridgehead atoms. The van der Waals surface area contributed by atoms with E-state index in [1.54, 1.807) is 13.0 Å². The summed E-state index contributed by atoms with van der Waals surface area (Å²) >= 11 is 4.41. The summed E-state index contributed by atoms with van der Waals surface area (Å²) in [6, 6.07) is 9.31. The van der Waals surface area contributed by atoms with Crippen molar-refractivity contribution in [2.24, 2.45) is 0 Å². The van der Waals surface area contributed by atoms with E-state index in [1.165, 1.54) is 0 Å². The quantitative estimate of drug-likeness (QED) is 0.768. The van der Waals surface area contributed by atoms with Gasteiger partial charge >= 0.3 is 0 Å². The van der Waals surface area contributed by atoms with Gasteiger partial charge in [-0.25, -0.2) is 0 Å². The molecule has 0 aliphatic heterocycles. The molecule has 0 saturated carbocycles. The predicted octanol–water partition coefficient (Wildman–Crippen LogP) is 3.52. The molecule has 3 aromatic rings. The molecular weight excluding hydrogens is 356 g/mol. The number of nitrogens with zero attached hydrogens (tertiary/aromatic N) is 3. The average Bonchev–Trinajstić information content (AvgIpc) is 3.09. The Morgan fingerprint density at radius 2 is 2.10 bits per heavy atom. The van der Waals surface area contributed by atoms with Crippen LogP contribution in [0.25, 0.3) is 11.3 Å². The molecular formula is C13H9BrN4O2S. The van der Waals surface area contributed by atoms with Crippen LogP contribution in [0.1, 0.15) is 15.4 Å². The summed E-state index contributed by atoms with van der Waals surface area (Å²) in [6.45, 7) is 1.73. The van der Waals surface area contributed by atoms with Gasteiger partial charge in [0.25, 0.3) is 5.91 Å². The minimum absolute atomic E-state index is 0.283. The maximum absolute atomic E-state index is 12.0. The molecule has 0 spiro atoms. The number of rotatable bonds is 3. The molecule has 6 nitrogen and oxygen atoms in total. The minimum atomic E-state index is -0.305. The van der Waals surface area contributed by atoms with Crippen LogP contribution in [0.5, 0.6) is 0 Å². The summed E-state index contributed by atoms with van der Waals surface area (Å²) in [6.07, 6.45) is 0. The molecule has 0 atom stereocenters. The third-order valence-electron chi connectivity index (χ3n) is 2.74. The number of aryl methyl sites for hydroxylation is 1. The van der Waals surface area contributed by atoms with Crippen molar-refractivity contribution < 1.29 is 9.32 Å². The van der Waals surface area contributed by atoms with Gasteiger partial charge in [0.15, 0.2) is 0 Å². The zero-order valence-corrected chi connectivity index (χ0v) is 13.2. The lowest BCUT2D eigenvalue weighted by Gasteiger charge is -1.97.